The minimum atomic E-state index is -3.42. The largest absolute Gasteiger partial charge is 0.303 e. The van der Waals surface area contributed by atoms with Crippen LogP contribution in [0, 0.1) is 11.8 Å². The van der Waals surface area contributed by atoms with Crippen molar-refractivity contribution in [3.05, 3.63) is 29.3 Å². The lowest BCUT2D eigenvalue weighted by atomic mass is 9.79. The van der Waals surface area contributed by atoms with Crippen LogP contribution in [0.15, 0.2) is 29.2 Å². The molecule has 2 aliphatic rings. The lowest BCUT2D eigenvalue weighted by Gasteiger charge is -2.32. The summed E-state index contributed by atoms with van der Waals surface area (Å²) in [4.78, 5) is 2.97. The van der Waals surface area contributed by atoms with Gasteiger partial charge in [0.15, 0.2) is 0 Å². The van der Waals surface area contributed by atoms with Gasteiger partial charge in [-0.3, -0.25) is 0 Å². The Labute approximate surface area is 176 Å². The van der Waals surface area contributed by atoms with Crippen LogP contribution in [0.1, 0.15) is 57.8 Å². The number of piperidine rings is 1. The van der Waals surface area contributed by atoms with E-state index in [1.54, 1.807) is 31.3 Å². The molecule has 0 unspecified atom stereocenters. The predicted molar refractivity (Wildman–Crippen MR) is 116 cm³/mol. The molecule has 1 aliphatic carbocycles. The van der Waals surface area contributed by atoms with E-state index in [0.717, 1.165) is 12.3 Å². The van der Waals surface area contributed by atoms with Gasteiger partial charge in [0.25, 0.3) is 0 Å². The number of hydrogen-bond donors (Lipinski definition) is 0. The molecule has 6 heteroatoms. The summed E-state index contributed by atoms with van der Waals surface area (Å²) in [5.41, 5.74) is 0. The first-order valence-electron chi connectivity index (χ1n) is 10.9. The fraction of sp³-hybridized carbons (Fsp3) is 0.727. The van der Waals surface area contributed by atoms with E-state index in [2.05, 4.69) is 4.90 Å². The second-order valence-electron chi connectivity index (χ2n) is 8.65. The third-order valence-corrected chi connectivity index (χ3v) is 8.77. The summed E-state index contributed by atoms with van der Waals surface area (Å²) in [7, 11) is -1.73. The fourth-order valence-corrected chi connectivity index (χ4v) is 5.94. The van der Waals surface area contributed by atoms with Crippen molar-refractivity contribution in [3.8, 4) is 0 Å². The molecule has 0 N–H and O–H groups in total. The summed E-state index contributed by atoms with van der Waals surface area (Å²) >= 11 is 5.87. The molecule has 0 spiro atoms. The first kappa shape index (κ1) is 22.1. The Balaban J connectivity index is 1.38. The predicted octanol–water partition coefficient (Wildman–Crippen LogP) is 5.03. The Kier molecular flexibility index (Phi) is 8.22. The Morgan fingerprint density at radius 2 is 1.54 bits per heavy atom. The number of likely N-dealkylation sites (tertiary alicyclic amines) is 1. The van der Waals surface area contributed by atoms with Gasteiger partial charge >= 0.3 is 0 Å². The highest BCUT2D eigenvalue weighted by atomic mass is 35.5. The smallest absolute Gasteiger partial charge is 0.242 e. The summed E-state index contributed by atoms with van der Waals surface area (Å²) < 4.78 is 26.9. The summed E-state index contributed by atoms with van der Waals surface area (Å²) in [6, 6.07) is 6.43. The minimum absolute atomic E-state index is 0.320. The van der Waals surface area contributed by atoms with E-state index in [0.29, 0.717) is 22.4 Å². The molecule has 0 atom stereocenters. The van der Waals surface area contributed by atoms with Crippen molar-refractivity contribution in [3.63, 3.8) is 0 Å². The van der Waals surface area contributed by atoms with Gasteiger partial charge in [-0.2, -0.15) is 0 Å². The monoisotopic (exact) mass is 426 g/mol. The quantitative estimate of drug-likeness (QED) is 0.585. The van der Waals surface area contributed by atoms with Gasteiger partial charge in [0.1, 0.15) is 0 Å². The van der Waals surface area contributed by atoms with E-state index < -0.39 is 10.0 Å². The van der Waals surface area contributed by atoms with Crippen LogP contribution in [0.25, 0.3) is 0 Å². The van der Waals surface area contributed by atoms with Crippen LogP contribution < -0.4 is 0 Å². The molecule has 1 aliphatic heterocycles. The van der Waals surface area contributed by atoms with Gasteiger partial charge in [0.05, 0.1) is 4.90 Å². The molecule has 0 radical (unpaired) electrons. The van der Waals surface area contributed by atoms with Crippen molar-refractivity contribution in [2.24, 2.45) is 11.8 Å². The first-order valence-corrected chi connectivity index (χ1v) is 12.7. The summed E-state index contributed by atoms with van der Waals surface area (Å²) in [6.45, 7) is 4.46. The van der Waals surface area contributed by atoms with Crippen LogP contribution in [-0.2, 0) is 10.0 Å². The molecule has 1 heterocycles. The summed E-state index contributed by atoms with van der Waals surface area (Å²) in [5, 5.41) is 0.554. The number of hydrogen-bond acceptors (Lipinski definition) is 3. The SMILES string of the molecule is CN(CC[C@H]1CC[C@H](CCN2CCCCC2)CC1)S(=O)(=O)c1ccc(Cl)cc1. The molecular weight excluding hydrogens is 392 g/mol. The lowest BCUT2D eigenvalue weighted by molar-refractivity contribution is 0.185. The second kappa shape index (κ2) is 10.4. The molecule has 4 nitrogen and oxygen atoms in total. The Morgan fingerprint density at radius 3 is 2.14 bits per heavy atom. The van der Waals surface area contributed by atoms with Gasteiger partial charge in [-0.15, -0.1) is 0 Å². The fourth-order valence-electron chi connectivity index (χ4n) is 4.63. The van der Waals surface area contributed by atoms with Crippen LogP contribution in [-0.4, -0.2) is 50.8 Å². The molecule has 158 valence electrons. The average Bonchev–Trinajstić information content (AvgIpc) is 2.72. The molecule has 1 saturated heterocycles. The highest BCUT2D eigenvalue weighted by Gasteiger charge is 2.25. The van der Waals surface area contributed by atoms with Crippen LogP contribution in [0.2, 0.25) is 5.02 Å². The normalized spacial score (nSPS) is 24.5. The molecule has 0 aromatic heterocycles. The van der Waals surface area contributed by atoms with Gasteiger partial charge < -0.3 is 4.90 Å². The summed E-state index contributed by atoms with van der Waals surface area (Å²) in [6.07, 6.45) is 11.6. The number of nitrogens with zero attached hydrogens (tertiary/aromatic N) is 2. The maximum absolute atomic E-state index is 12.7. The maximum atomic E-state index is 12.7. The topological polar surface area (TPSA) is 40.6 Å². The summed E-state index contributed by atoms with van der Waals surface area (Å²) in [5.74, 6) is 1.53. The highest BCUT2D eigenvalue weighted by Crippen LogP contribution is 2.33. The van der Waals surface area contributed by atoms with E-state index in [4.69, 9.17) is 11.6 Å². The van der Waals surface area contributed by atoms with Crippen LogP contribution >= 0.6 is 11.6 Å². The molecule has 1 aromatic carbocycles. The zero-order chi connectivity index (χ0) is 20.0. The zero-order valence-corrected chi connectivity index (χ0v) is 18.7. The molecule has 1 aromatic rings. The standard InChI is InChI=1S/C22H35ClN2O2S/c1-24(28(26,27)22-11-9-21(23)10-12-22)17-13-19-5-7-20(8-6-19)14-18-25-15-3-2-4-16-25/h9-12,19-20H,2-8,13-18H2,1H3/t19-,20-. The van der Waals surface area contributed by atoms with Crippen molar-refractivity contribution in [1.29, 1.82) is 0 Å². The van der Waals surface area contributed by atoms with E-state index >= 15 is 0 Å². The van der Waals surface area contributed by atoms with Crippen LogP contribution in [0.5, 0.6) is 0 Å². The number of rotatable bonds is 8. The van der Waals surface area contributed by atoms with Gasteiger partial charge in [-0.1, -0.05) is 43.7 Å². The van der Waals surface area contributed by atoms with Gasteiger partial charge in [-0.05, 0) is 81.4 Å². The molecule has 0 amide bonds. The molecule has 2 fully saturated rings. The molecule has 3 rings (SSSR count). The number of sulfonamides is 1. The zero-order valence-electron chi connectivity index (χ0n) is 17.2. The molecule has 1 saturated carbocycles. The third-order valence-electron chi connectivity index (χ3n) is 6.64. The van der Waals surface area contributed by atoms with Gasteiger partial charge in [0.2, 0.25) is 10.0 Å². The first-order chi connectivity index (χ1) is 13.4. The van der Waals surface area contributed by atoms with Crippen molar-refractivity contribution < 1.29 is 8.42 Å². The average molecular weight is 427 g/mol. The van der Waals surface area contributed by atoms with Crippen LogP contribution in [0.3, 0.4) is 0 Å². The second-order valence-corrected chi connectivity index (χ2v) is 11.1. The van der Waals surface area contributed by atoms with Crippen molar-refractivity contribution in [2.75, 3.05) is 33.2 Å². The van der Waals surface area contributed by atoms with Gasteiger partial charge in [0, 0.05) is 18.6 Å². The maximum Gasteiger partial charge on any atom is 0.242 e. The number of benzene rings is 1. The Bertz CT molecular complexity index is 694. The lowest BCUT2D eigenvalue weighted by Crippen LogP contribution is -2.32. The van der Waals surface area contributed by atoms with E-state index in [1.165, 1.54) is 75.3 Å². The number of halogens is 1. The van der Waals surface area contributed by atoms with Crippen molar-refractivity contribution in [1.82, 2.24) is 9.21 Å². The minimum Gasteiger partial charge on any atom is -0.303 e. The van der Waals surface area contributed by atoms with Gasteiger partial charge in [-0.25, -0.2) is 12.7 Å². The van der Waals surface area contributed by atoms with E-state index in [1.807, 2.05) is 0 Å². The van der Waals surface area contributed by atoms with Crippen molar-refractivity contribution in [2.45, 2.75) is 62.7 Å². The Hall–Kier alpha value is -0.620. The van der Waals surface area contributed by atoms with Crippen molar-refractivity contribution >= 4 is 21.6 Å². The third kappa shape index (κ3) is 6.19. The van der Waals surface area contributed by atoms with Crippen LogP contribution in [0.4, 0.5) is 0 Å². The molecule has 0 bridgehead atoms. The molecular formula is C22H35ClN2O2S. The highest BCUT2D eigenvalue weighted by molar-refractivity contribution is 7.89. The Morgan fingerprint density at radius 1 is 0.964 bits per heavy atom. The molecule has 28 heavy (non-hydrogen) atoms. The van der Waals surface area contributed by atoms with E-state index in [-0.39, 0.29) is 0 Å². The van der Waals surface area contributed by atoms with E-state index in [9.17, 15) is 8.42 Å².